The Hall–Kier alpha value is -3.23. The second-order valence-corrected chi connectivity index (χ2v) is 8.35. The number of sulfonamides is 1. The Kier molecular flexibility index (Phi) is 6.49. The number of amides is 1. The van der Waals surface area contributed by atoms with Gasteiger partial charge in [0.25, 0.3) is 5.91 Å². The summed E-state index contributed by atoms with van der Waals surface area (Å²) in [5, 5.41) is 2.93. The molecule has 0 saturated carbocycles. The quantitative estimate of drug-likeness (QED) is 0.605. The Bertz CT molecular complexity index is 1110. The molecule has 3 aromatic rings. The fraction of sp³-hybridized carbons (Fsp3) is 0.136. The summed E-state index contributed by atoms with van der Waals surface area (Å²) in [6.45, 7) is 0. The summed E-state index contributed by atoms with van der Waals surface area (Å²) in [6, 6.07) is 18.1. The van der Waals surface area contributed by atoms with E-state index in [1.807, 2.05) is 12.1 Å². The maximum atomic E-state index is 13.4. The molecular formula is C22H21FN2O4S. The number of ether oxygens (including phenoxy) is 1. The van der Waals surface area contributed by atoms with Crippen molar-refractivity contribution < 1.29 is 22.3 Å². The van der Waals surface area contributed by atoms with Gasteiger partial charge in [-0.2, -0.15) is 0 Å². The summed E-state index contributed by atoms with van der Waals surface area (Å²) in [4.78, 5) is 12.9. The molecule has 0 bridgehead atoms. The van der Waals surface area contributed by atoms with Crippen molar-refractivity contribution in [2.24, 2.45) is 0 Å². The lowest BCUT2D eigenvalue weighted by atomic mass is 9.98. The number of rotatable bonds is 7. The molecule has 30 heavy (non-hydrogen) atoms. The highest BCUT2D eigenvalue weighted by Crippen LogP contribution is 2.25. The summed E-state index contributed by atoms with van der Waals surface area (Å²) in [5.74, 6) is -0.0993. The molecule has 0 aliphatic heterocycles. The van der Waals surface area contributed by atoms with Crippen LogP contribution in [0.4, 0.5) is 4.39 Å². The van der Waals surface area contributed by atoms with Gasteiger partial charge >= 0.3 is 0 Å². The highest BCUT2D eigenvalue weighted by Gasteiger charge is 2.19. The zero-order valence-corrected chi connectivity index (χ0v) is 17.2. The molecule has 6 nitrogen and oxygen atoms in total. The monoisotopic (exact) mass is 428 g/mol. The normalized spacial score (nSPS) is 12.2. The van der Waals surface area contributed by atoms with E-state index in [1.54, 1.807) is 31.4 Å². The Morgan fingerprint density at radius 1 is 0.900 bits per heavy atom. The van der Waals surface area contributed by atoms with Gasteiger partial charge in [-0.1, -0.05) is 24.3 Å². The number of halogens is 1. The second kappa shape index (κ2) is 9.06. The van der Waals surface area contributed by atoms with Crippen molar-refractivity contribution >= 4 is 15.9 Å². The number of hydrogen-bond acceptors (Lipinski definition) is 4. The van der Waals surface area contributed by atoms with E-state index in [4.69, 9.17) is 4.74 Å². The van der Waals surface area contributed by atoms with Crippen molar-refractivity contribution in [1.29, 1.82) is 0 Å². The highest BCUT2D eigenvalue weighted by molar-refractivity contribution is 7.89. The third-order valence-corrected chi connectivity index (χ3v) is 6.05. The minimum atomic E-state index is -3.59. The summed E-state index contributed by atoms with van der Waals surface area (Å²) >= 11 is 0. The fourth-order valence-corrected chi connectivity index (χ4v) is 3.66. The molecule has 0 saturated heterocycles. The molecular weight excluding hydrogens is 407 g/mol. The molecule has 0 heterocycles. The van der Waals surface area contributed by atoms with Crippen LogP contribution in [0.5, 0.6) is 5.75 Å². The van der Waals surface area contributed by atoms with E-state index in [0.29, 0.717) is 16.9 Å². The van der Waals surface area contributed by atoms with Crippen LogP contribution in [0.2, 0.25) is 0 Å². The number of hydrogen-bond donors (Lipinski definition) is 2. The van der Waals surface area contributed by atoms with Crippen LogP contribution in [0, 0.1) is 5.82 Å². The molecule has 0 aliphatic carbocycles. The van der Waals surface area contributed by atoms with Crippen molar-refractivity contribution in [2.75, 3.05) is 14.2 Å². The van der Waals surface area contributed by atoms with Crippen LogP contribution in [-0.4, -0.2) is 28.5 Å². The topological polar surface area (TPSA) is 84.5 Å². The smallest absolute Gasteiger partial charge is 0.252 e. The Balaban J connectivity index is 1.90. The molecule has 1 amide bonds. The Morgan fingerprint density at radius 3 is 1.93 bits per heavy atom. The minimum Gasteiger partial charge on any atom is -0.497 e. The number of methoxy groups -OCH3 is 1. The summed E-state index contributed by atoms with van der Waals surface area (Å²) in [7, 11) is -0.710. The van der Waals surface area contributed by atoms with Gasteiger partial charge in [0.05, 0.1) is 18.0 Å². The van der Waals surface area contributed by atoms with E-state index in [1.165, 1.54) is 43.4 Å². The summed E-state index contributed by atoms with van der Waals surface area (Å²) < 4.78 is 44.5. The van der Waals surface area contributed by atoms with Gasteiger partial charge in [0.15, 0.2) is 0 Å². The van der Waals surface area contributed by atoms with Crippen LogP contribution in [0.15, 0.2) is 77.7 Å². The van der Waals surface area contributed by atoms with Crippen molar-refractivity contribution in [3.63, 3.8) is 0 Å². The lowest BCUT2D eigenvalue weighted by Gasteiger charge is -2.20. The van der Waals surface area contributed by atoms with Crippen LogP contribution in [-0.2, 0) is 10.0 Å². The van der Waals surface area contributed by atoms with Gasteiger partial charge in [-0.05, 0) is 66.7 Å². The van der Waals surface area contributed by atoms with E-state index in [-0.39, 0.29) is 10.7 Å². The predicted molar refractivity (Wildman–Crippen MR) is 111 cm³/mol. The van der Waals surface area contributed by atoms with Crippen molar-refractivity contribution in [3.8, 4) is 5.75 Å². The number of benzene rings is 3. The zero-order valence-electron chi connectivity index (χ0n) is 16.4. The highest BCUT2D eigenvalue weighted by atomic mass is 32.2. The molecule has 3 rings (SSSR count). The van der Waals surface area contributed by atoms with Gasteiger partial charge in [-0.25, -0.2) is 17.5 Å². The first-order valence-electron chi connectivity index (χ1n) is 9.08. The minimum absolute atomic E-state index is 0.0618. The van der Waals surface area contributed by atoms with Crippen molar-refractivity contribution in [3.05, 3.63) is 95.3 Å². The summed E-state index contributed by atoms with van der Waals surface area (Å²) in [5.41, 5.74) is 1.78. The van der Waals surface area contributed by atoms with Gasteiger partial charge in [0.1, 0.15) is 11.6 Å². The standard InChI is InChI=1S/C22H21FN2O4S/c1-24-30(27,28)20-13-7-17(8-14-20)22(26)25-21(15-3-9-18(23)10-4-15)16-5-11-19(29-2)12-6-16/h3-14,21,24H,1-2H3,(H,25,26). The lowest BCUT2D eigenvalue weighted by Crippen LogP contribution is -2.29. The number of carbonyl (C=O) groups excluding carboxylic acids is 1. The second-order valence-electron chi connectivity index (χ2n) is 6.46. The van der Waals surface area contributed by atoms with Gasteiger partial charge in [-0.3, -0.25) is 4.79 Å². The van der Waals surface area contributed by atoms with E-state index >= 15 is 0 Å². The fourth-order valence-electron chi connectivity index (χ4n) is 2.93. The van der Waals surface area contributed by atoms with Crippen LogP contribution < -0.4 is 14.8 Å². The molecule has 0 aromatic heterocycles. The SMILES string of the molecule is CNS(=O)(=O)c1ccc(C(=O)NC(c2ccc(F)cc2)c2ccc(OC)cc2)cc1. The molecule has 8 heteroatoms. The molecule has 0 radical (unpaired) electrons. The molecule has 2 N–H and O–H groups in total. The van der Waals surface area contributed by atoms with Crippen molar-refractivity contribution in [2.45, 2.75) is 10.9 Å². The summed E-state index contributed by atoms with van der Waals surface area (Å²) in [6.07, 6.45) is 0. The molecule has 3 aromatic carbocycles. The molecule has 0 aliphatic rings. The lowest BCUT2D eigenvalue weighted by molar-refractivity contribution is 0.0943. The van der Waals surface area contributed by atoms with Gasteiger partial charge in [-0.15, -0.1) is 0 Å². The van der Waals surface area contributed by atoms with E-state index in [2.05, 4.69) is 10.0 Å². The van der Waals surface area contributed by atoms with E-state index in [0.717, 1.165) is 5.56 Å². The third kappa shape index (κ3) is 4.84. The third-order valence-electron chi connectivity index (χ3n) is 4.62. The van der Waals surface area contributed by atoms with Crippen molar-refractivity contribution in [1.82, 2.24) is 10.0 Å². The first kappa shape index (κ1) is 21.5. The zero-order chi connectivity index (χ0) is 21.7. The average molecular weight is 428 g/mol. The first-order chi connectivity index (χ1) is 14.3. The van der Waals surface area contributed by atoms with Crippen LogP contribution in [0.3, 0.4) is 0 Å². The number of carbonyl (C=O) groups is 1. The Morgan fingerprint density at radius 2 is 1.43 bits per heavy atom. The maximum absolute atomic E-state index is 13.4. The maximum Gasteiger partial charge on any atom is 0.252 e. The van der Waals surface area contributed by atoms with E-state index in [9.17, 15) is 17.6 Å². The molecule has 156 valence electrons. The van der Waals surface area contributed by atoms with Crippen LogP contribution in [0.1, 0.15) is 27.5 Å². The predicted octanol–water partition coefficient (Wildman–Crippen LogP) is 3.26. The Labute approximate surface area is 174 Å². The first-order valence-corrected chi connectivity index (χ1v) is 10.6. The average Bonchev–Trinajstić information content (AvgIpc) is 2.78. The largest absolute Gasteiger partial charge is 0.497 e. The van der Waals surface area contributed by atoms with Crippen LogP contribution in [0.25, 0.3) is 0 Å². The molecule has 0 spiro atoms. The molecule has 1 atom stereocenters. The molecule has 0 fully saturated rings. The van der Waals surface area contributed by atoms with Gasteiger partial charge in [0, 0.05) is 5.56 Å². The molecule has 1 unspecified atom stereocenters. The van der Waals surface area contributed by atoms with Gasteiger partial charge in [0.2, 0.25) is 10.0 Å². The van der Waals surface area contributed by atoms with E-state index < -0.39 is 22.0 Å². The van der Waals surface area contributed by atoms with Gasteiger partial charge < -0.3 is 10.1 Å². The number of nitrogens with one attached hydrogen (secondary N) is 2. The van der Waals surface area contributed by atoms with Crippen LogP contribution >= 0.6 is 0 Å².